The van der Waals surface area contributed by atoms with Crippen LogP contribution in [0.1, 0.15) is 69.1 Å². The van der Waals surface area contributed by atoms with Crippen LogP contribution >= 0.6 is 24.8 Å². The first-order valence-corrected chi connectivity index (χ1v) is 10.2. The first-order chi connectivity index (χ1) is 12.3. The van der Waals surface area contributed by atoms with Crippen LogP contribution in [-0.2, 0) is 17.8 Å². The molecule has 152 valence electrons. The monoisotopic (exact) mass is 415 g/mol. The van der Waals surface area contributed by atoms with Gasteiger partial charge in [-0.25, -0.2) is 0 Å². The van der Waals surface area contributed by atoms with Gasteiger partial charge in [-0.2, -0.15) is 0 Å². The van der Waals surface area contributed by atoms with Gasteiger partial charge in [0.15, 0.2) is 5.82 Å². The minimum absolute atomic E-state index is 0. The molecular weight excluding hydrogens is 385 g/mol. The highest BCUT2D eigenvalue weighted by Gasteiger charge is 2.59. The van der Waals surface area contributed by atoms with Crippen LogP contribution in [0.2, 0.25) is 0 Å². The molecule has 2 unspecified atom stereocenters. The van der Waals surface area contributed by atoms with Gasteiger partial charge < -0.3 is 14.8 Å². The Morgan fingerprint density at radius 3 is 2.63 bits per heavy atom. The van der Waals surface area contributed by atoms with Crippen LogP contribution in [0, 0.1) is 11.3 Å². The molecule has 6 nitrogen and oxygen atoms in total. The summed E-state index contributed by atoms with van der Waals surface area (Å²) in [5.74, 6) is 2.85. The lowest BCUT2D eigenvalue weighted by Crippen LogP contribution is -2.42. The van der Waals surface area contributed by atoms with E-state index < -0.39 is 0 Å². The number of rotatable bonds is 2. The molecule has 1 aliphatic carbocycles. The van der Waals surface area contributed by atoms with Gasteiger partial charge in [0.05, 0.1) is 6.04 Å². The van der Waals surface area contributed by atoms with Crippen LogP contribution in [0.3, 0.4) is 0 Å². The number of fused-ring (bicyclic) bond motifs is 1. The third kappa shape index (κ3) is 3.60. The van der Waals surface area contributed by atoms with Crippen molar-refractivity contribution in [2.45, 2.75) is 70.4 Å². The van der Waals surface area contributed by atoms with E-state index in [0.29, 0.717) is 11.3 Å². The summed E-state index contributed by atoms with van der Waals surface area (Å²) in [4.78, 5) is 15.5. The third-order valence-electron chi connectivity index (χ3n) is 7.06. The van der Waals surface area contributed by atoms with Crippen LogP contribution in [-0.4, -0.2) is 45.2 Å². The fourth-order valence-corrected chi connectivity index (χ4v) is 5.42. The van der Waals surface area contributed by atoms with Gasteiger partial charge in [-0.3, -0.25) is 4.79 Å². The summed E-state index contributed by atoms with van der Waals surface area (Å²) in [5.41, 5.74) is 0.314. The fraction of sp³-hybridized carbons (Fsp3) is 0.842. The van der Waals surface area contributed by atoms with Gasteiger partial charge in [-0.15, -0.1) is 35.0 Å². The van der Waals surface area contributed by atoms with Crippen molar-refractivity contribution in [3.8, 4) is 0 Å². The SMILES string of the molecule is Cl.Cl.O=C(C1CC12CCNCC2)N1CCCCC1c1nnc2n1CCCC2. The number of hydrogen-bond acceptors (Lipinski definition) is 4. The van der Waals surface area contributed by atoms with Crippen molar-refractivity contribution < 1.29 is 4.79 Å². The Balaban J connectivity index is 0.00000105. The molecule has 2 saturated heterocycles. The molecule has 1 amide bonds. The highest BCUT2D eigenvalue weighted by molar-refractivity contribution is 5.85. The number of carbonyl (C=O) groups is 1. The van der Waals surface area contributed by atoms with E-state index >= 15 is 0 Å². The highest BCUT2D eigenvalue weighted by Crippen LogP contribution is 2.59. The number of carbonyl (C=O) groups excluding carboxylic acids is 1. The second kappa shape index (κ2) is 8.26. The van der Waals surface area contributed by atoms with Crippen molar-refractivity contribution in [1.82, 2.24) is 25.0 Å². The zero-order valence-electron chi connectivity index (χ0n) is 15.9. The topological polar surface area (TPSA) is 63.1 Å². The van der Waals surface area contributed by atoms with E-state index in [2.05, 4.69) is 25.0 Å². The average Bonchev–Trinajstić information content (AvgIpc) is 3.17. The van der Waals surface area contributed by atoms with Crippen LogP contribution in [0.25, 0.3) is 0 Å². The Kier molecular flexibility index (Phi) is 6.38. The summed E-state index contributed by atoms with van der Waals surface area (Å²) in [6, 6.07) is 0.153. The standard InChI is InChI=1S/C19H29N5O.2ClH/c25-18(14-13-19(14)7-9-20-10-8-19)23-11-3-1-5-15(23)17-22-21-16-6-2-4-12-24(16)17;;/h14-15,20H,1-13H2;2*1H. The quantitative estimate of drug-likeness (QED) is 0.806. The molecule has 0 aromatic carbocycles. The summed E-state index contributed by atoms with van der Waals surface area (Å²) in [7, 11) is 0. The Morgan fingerprint density at radius 2 is 1.81 bits per heavy atom. The number of halogens is 2. The maximum Gasteiger partial charge on any atom is 0.226 e. The number of aromatic nitrogens is 3. The van der Waals surface area contributed by atoms with Crippen molar-refractivity contribution in [3.05, 3.63) is 11.6 Å². The summed E-state index contributed by atoms with van der Waals surface area (Å²) >= 11 is 0. The zero-order valence-corrected chi connectivity index (χ0v) is 17.5. The van der Waals surface area contributed by atoms with E-state index in [1.165, 1.54) is 32.1 Å². The molecule has 2 atom stereocenters. The predicted octanol–water partition coefficient (Wildman–Crippen LogP) is 2.90. The molecule has 3 fully saturated rings. The molecule has 3 aliphatic heterocycles. The molecule has 5 rings (SSSR count). The Hall–Kier alpha value is -0.850. The van der Waals surface area contributed by atoms with E-state index in [1.807, 2.05) is 0 Å². The molecule has 1 aromatic heterocycles. The molecule has 4 aliphatic rings. The first-order valence-electron chi connectivity index (χ1n) is 10.2. The number of hydrogen-bond donors (Lipinski definition) is 1. The molecular formula is C19H31Cl2N5O. The van der Waals surface area contributed by atoms with E-state index in [4.69, 9.17) is 0 Å². The number of aryl methyl sites for hydroxylation is 1. The minimum Gasteiger partial charge on any atom is -0.332 e. The fourth-order valence-electron chi connectivity index (χ4n) is 5.42. The van der Waals surface area contributed by atoms with E-state index in [0.717, 1.165) is 63.5 Å². The molecule has 1 aromatic rings. The van der Waals surface area contributed by atoms with Gasteiger partial charge in [0, 0.05) is 25.4 Å². The van der Waals surface area contributed by atoms with Gasteiger partial charge >= 0.3 is 0 Å². The second-order valence-corrected chi connectivity index (χ2v) is 8.50. The Bertz CT molecular complexity index is 673. The lowest BCUT2D eigenvalue weighted by Gasteiger charge is -2.36. The third-order valence-corrected chi connectivity index (χ3v) is 7.06. The number of piperidine rings is 2. The Labute approximate surface area is 173 Å². The lowest BCUT2D eigenvalue weighted by molar-refractivity contribution is -0.137. The van der Waals surface area contributed by atoms with Crippen LogP contribution in [0.4, 0.5) is 0 Å². The van der Waals surface area contributed by atoms with Crippen LogP contribution in [0.5, 0.6) is 0 Å². The Morgan fingerprint density at radius 1 is 1.04 bits per heavy atom. The van der Waals surface area contributed by atoms with Crippen molar-refractivity contribution in [2.75, 3.05) is 19.6 Å². The number of likely N-dealkylation sites (tertiary alicyclic amines) is 1. The number of nitrogens with zero attached hydrogens (tertiary/aromatic N) is 4. The van der Waals surface area contributed by atoms with Crippen molar-refractivity contribution in [3.63, 3.8) is 0 Å². The first kappa shape index (κ1) is 20.9. The van der Waals surface area contributed by atoms with Gasteiger partial charge in [0.1, 0.15) is 5.82 Å². The normalized spacial score (nSPS) is 28.7. The zero-order chi connectivity index (χ0) is 16.9. The van der Waals surface area contributed by atoms with Gasteiger partial charge in [-0.1, -0.05) is 0 Å². The molecule has 27 heavy (non-hydrogen) atoms. The largest absolute Gasteiger partial charge is 0.332 e. The van der Waals surface area contributed by atoms with Crippen LogP contribution < -0.4 is 5.32 Å². The van der Waals surface area contributed by atoms with Crippen molar-refractivity contribution in [2.24, 2.45) is 11.3 Å². The molecule has 1 saturated carbocycles. The summed E-state index contributed by atoms with van der Waals surface area (Å²) in [6.07, 6.45) is 10.3. The number of amides is 1. The highest BCUT2D eigenvalue weighted by atomic mass is 35.5. The maximum absolute atomic E-state index is 13.4. The second-order valence-electron chi connectivity index (χ2n) is 8.50. The van der Waals surface area contributed by atoms with E-state index in [9.17, 15) is 4.79 Å². The molecule has 0 bridgehead atoms. The average molecular weight is 416 g/mol. The van der Waals surface area contributed by atoms with Gasteiger partial charge in [-0.05, 0) is 69.9 Å². The number of nitrogens with one attached hydrogen (secondary N) is 1. The van der Waals surface area contributed by atoms with E-state index in [-0.39, 0.29) is 36.8 Å². The molecule has 0 radical (unpaired) electrons. The molecule has 1 N–H and O–H groups in total. The van der Waals surface area contributed by atoms with Crippen LogP contribution in [0.15, 0.2) is 0 Å². The molecule has 1 spiro atoms. The predicted molar refractivity (Wildman–Crippen MR) is 108 cm³/mol. The van der Waals surface area contributed by atoms with Crippen molar-refractivity contribution >= 4 is 30.7 Å². The summed E-state index contributed by atoms with van der Waals surface area (Å²) in [6.45, 7) is 4.07. The van der Waals surface area contributed by atoms with Gasteiger partial charge in [0.2, 0.25) is 5.91 Å². The summed E-state index contributed by atoms with van der Waals surface area (Å²) < 4.78 is 2.31. The molecule has 8 heteroatoms. The van der Waals surface area contributed by atoms with E-state index in [1.54, 1.807) is 0 Å². The summed E-state index contributed by atoms with van der Waals surface area (Å²) in [5, 5.41) is 12.4. The maximum atomic E-state index is 13.4. The lowest BCUT2D eigenvalue weighted by atomic mass is 9.91. The minimum atomic E-state index is 0. The molecule has 4 heterocycles. The smallest absolute Gasteiger partial charge is 0.226 e. The van der Waals surface area contributed by atoms with Gasteiger partial charge in [0.25, 0.3) is 0 Å². The van der Waals surface area contributed by atoms with Crippen molar-refractivity contribution in [1.29, 1.82) is 0 Å².